The molecule has 3 nitrogen and oxygen atoms in total. The van der Waals surface area contributed by atoms with E-state index in [1.165, 1.54) is 0 Å². The van der Waals surface area contributed by atoms with E-state index >= 15 is 0 Å². The van der Waals surface area contributed by atoms with E-state index in [9.17, 15) is 5.11 Å². The standard InChI is InChI=1S/C14H12Cl2N2O/c1-8-5-9(2)14(19)13(6-8)18-17-12-7-10(15)3-4-11(12)16/h3-7,19H,1-2H3. The molecule has 1 N–H and O–H groups in total. The average molecular weight is 295 g/mol. The van der Waals surface area contributed by atoms with Crippen molar-refractivity contribution < 1.29 is 5.11 Å². The Morgan fingerprint density at radius 1 is 0.947 bits per heavy atom. The van der Waals surface area contributed by atoms with Gasteiger partial charge in [0.1, 0.15) is 17.1 Å². The Bertz CT molecular complexity index is 654. The van der Waals surface area contributed by atoms with E-state index in [0.717, 1.165) is 11.1 Å². The molecule has 0 saturated carbocycles. The number of azo groups is 1. The molecule has 0 aliphatic heterocycles. The van der Waals surface area contributed by atoms with Crippen molar-refractivity contribution >= 4 is 34.6 Å². The molecule has 0 unspecified atom stereocenters. The smallest absolute Gasteiger partial charge is 0.146 e. The molecule has 0 bridgehead atoms. The third-order valence-electron chi connectivity index (χ3n) is 2.60. The van der Waals surface area contributed by atoms with E-state index in [1.807, 2.05) is 19.9 Å². The van der Waals surface area contributed by atoms with Gasteiger partial charge in [-0.05, 0) is 49.2 Å². The summed E-state index contributed by atoms with van der Waals surface area (Å²) in [7, 11) is 0. The molecule has 0 amide bonds. The molecular formula is C14H12Cl2N2O. The fourth-order valence-electron chi connectivity index (χ4n) is 1.68. The van der Waals surface area contributed by atoms with Gasteiger partial charge in [-0.2, -0.15) is 0 Å². The summed E-state index contributed by atoms with van der Waals surface area (Å²) in [5.74, 6) is 0.118. The highest BCUT2D eigenvalue weighted by atomic mass is 35.5. The van der Waals surface area contributed by atoms with Gasteiger partial charge in [0, 0.05) is 5.02 Å². The lowest BCUT2D eigenvalue weighted by molar-refractivity contribution is 0.472. The predicted molar refractivity (Wildman–Crippen MR) is 78.2 cm³/mol. The summed E-state index contributed by atoms with van der Waals surface area (Å²) in [4.78, 5) is 0. The highest BCUT2D eigenvalue weighted by Gasteiger charge is 2.05. The van der Waals surface area contributed by atoms with Crippen molar-refractivity contribution in [2.75, 3.05) is 0 Å². The number of phenols is 1. The van der Waals surface area contributed by atoms with Gasteiger partial charge in [-0.25, -0.2) is 0 Å². The number of benzene rings is 2. The van der Waals surface area contributed by atoms with Crippen LogP contribution in [0.4, 0.5) is 11.4 Å². The summed E-state index contributed by atoms with van der Waals surface area (Å²) in [5.41, 5.74) is 2.63. The van der Waals surface area contributed by atoms with E-state index in [1.54, 1.807) is 24.3 Å². The van der Waals surface area contributed by atoms with Crippen LogP contribution in [0.3, 0.4) is 0 Å². The largest absolute Gasteiger partial charge is 0.505 e. The minimum atomic E-state index is 0.118. The SMILES string of the molecule is Cc1cc(C)c(O)c(N=Nc2cc(Cl)ccc2Cl)c1. The highest BCUT2D eigenvalue weighted by Crippen LogP contribution is 2.34. The number of hydrogen-bond acceptors (Lipinski definition) is 3. The number of aromatic hydroxyl groups is 1. The van der Waals surface area contributed by atoms with Crippen molar-refractivity contribution in [3.05, 3.63) is 51.5 Å². The van der Waals surface area contributed by atoms with Gasteiger partial charge in [0.2, 0.25) is 0 Å². The zero-order valence-electron chi connectivity index (χ0n) is 10.5. The Hall–Kier alpha value is -1.58. The van der Waals surface area contributed by atoms with Crippen LogP contribution < -0.4 is 0 Å². The van der Waals surface area contributed by atoms with Crippen LogP contribution in [0.2, 0.25) is 10.0 Å². The van der Waals surface area contributed by atoms with Gasteiger partial charge < -0.3 is 5.11 Å². The van der Waals surface area contributed by atoms with Gasteiger partial charge in [0.15, 0.2) is 0 Å². The highest BCUT2D eigenvalue weighted by molar-refractivity contribution is 6.35. The maximum atomic E-state index is 9.91. The second kappa shape index (κ2) is 5.59. The third kappa shape index (κ3) is 3.25. The van der Waals surface area contributed by atoms with Crippen LogP contribution in [-0.2, 0) is 0 Å². The molecule has 0 fully saturated rings. The van der Waals surface area contributed by atoms with Gasteiger partial charge in [0.05, 0.1) is 5.02 Å². The molecule has 0 spiro atoms. The minimum Gasteiger partial charge on any atom is -0.505 e. The van der Waals surface area contributed by atoms with Crippen LogP contribution in [0.1, 0.15) is 11.1 Å². The Labute approximate surface area is 121 Å². The van der Waals surface area contributed by atoms with E-state index in [0.29, 0.717) is 21.4 Å². The first-order valence-electron chi connectivity index (χ1n) is 5.64. The van der Waals surface area contributed by atoms with E-state index in [2.05, 4.69) is 10.2 Å². The lowest BCUT2D eigenvalue weighted by atomic mass is 10.1. The summed E-state index contributed by atoms with van der Waals surface area (Å²) < 4.78 is 0. The first kappa shape index (κ1) is 13.8. The normalized spacial score (nSPS) is 11.2. The molecule has 2 aromatic carbocycles. The van der Waals surface area contributed by atoms with E-state index in [4.69, 9.17) is 23.2 Å². The molecule has 0 aliphatic carbocycles. The van der Waals surface area contributed by atoms with Gasteiger partial charge in [-0.3, -0.25) is 0 Å². The van der Waals surface area contributed by atoms with E-state index < -0.39 is 0 Å². The molecule has 0 atom stereocenters. The van der Waals surface area contributed by atoms with Crippen LogP contribution in [0.5, 0.6) is 5.75 Å². The molecule has 0 aliphatic rings. The second-order valence-corrected chi connectivity index (χ2v) is 5.09. The fraction of sp³-hybridized carbons (Fsp3) is 0.143. The molecule has 2 aromatic rings. The zero-order chi connectivity index (χ0) is 14.0. The van der Waals surface area contributed by atoms with Crippen LogP contribution in [0.15, 0.2) is 40.6 Å². The number of rotatable bonds is 2. The lowest BCUT2D eigenvalue weighted by Gasteiger charge is -2.04. The average Bonchev–Trinajstić information content (AvgIpc) is 2.35. The Morgan fingerprint density at radius 3 is 2.37 bits per heavy atom. The summed E-state index contributed by atoms with van der Waals surface area (Å²) >= 11 is 11.9. The Kier molecular flexibility index (Phi) is 4.08. The van der Waals surface area contributed by atoms with Gasteiger partial charge >= 0.3 is 0 Å². The topological polar surface area (TPSA) is 45.0 Å². The number of nitrogens with zero attached hydrogens (tertiary/aromatic N) is 2. The molecule has 0 aromatic heterocycles. The molecule has 2 rings (SSSR count). The molecule has 0 saturated heterocycles. The Morgan fingerprint density at radius 2 is 1.63 bits per heavy atom. The maximum Gasteiger partial charge on any atom is 0.146 e. The fourth-order valence-corrected chi connectivity index (χ4v) is 2.01. The van der Waals surface area contributed by atoms with Crippen LogP contribution in [-0.4, -0.2) is 5.11 Å². The minimum absolute atomic E-state index is 0.118. The maximum absolute atomic E-state index is 9.91. The summed E-state index contributed by atoms with van der Waals surface area (Å²) in [5, 5.41) is 19.0. The van der Waals surface area contributed by atoms with E-state index in [-0.39, 0.29) is 5.75 Å². The molecule has 0 heterocycles. The third-order valence-corrected chi connectivity index (χ3v) is 3.15. The van der Waals surface area contributed by atoms with Crippen molar-refractivity contribution in [1.82, 2.24) is 0 Å². The quantitative estimate of drug-likeness (QED) is 0.706. The molecule has 0 radical (unpaired) electrons. The molecule has 19 heavy (non-hydrogen) atoms. The predicted octanol–water partition coefficient (Wildman–Crippen LogP) is 5.73. The van der Waals surface area contributed by atoms with Crippen molar-refractivity contribution in [2.45, 2.75) is 13.8 Å². The number of phenolic OH excluding ortho intramolecular Hbond substituents is 1. The zero-order valence-corrected chi connectivity index (χ0v) is 12.0. The summed E-state index contributed by atoms with van der Waals surface area (Å²) in [6, 6.07) is 8.58. The van der Waals surface area contributed by atoms with Crippen molar-refractivity contribution in [2.24, 2.45) is 10.2 Å². The Balaban J connectivity index is 2.40. The van der Waals surface area contributed by atoms with Crippen molar-refractivity contribution in [3.8, 4) is 5.75 Å². The number of halogens is 2. The molecule has 98 valence electrons. The van der Waals surface area contributed by atoms with Gasteiger partial charge in [-0.15, -0.1) is 10.2 Å². The van der Waals surface area contributed by atoms with Crippen molar-refractivity contribution in [1.29, 1.82) is 0 Å². The van der Waals surface area contributed by atoms with Crippen LogP contribution in [0, 0.1) is 13.8 Å². The summed E-state index contributed by atoms with van der Waals surface area (Å²) in [6.45, 7) is 3.74. The monoisotopic (exact) mass is 294 g/mol. The molecular weight excluding hydrogens is 283 g/mol. The van der Waals surface area contributed by atoms with Gasteiger partial charge in [0.25, 0.3) is 0 Å². The van der Waals surface area contributed by atoms with Crippen LogP contribution in [0.25, 0.3) is 0 Å². The molecule has 5 heteroatoms. The first-order chi connectivity index (χ1) is 8.97. The van der Waals surface area contributed by atoms with Crippen molar-refractivity contribution in [3.63, 3.8) is 0 Å². The summed E-state index contributed by atoms with van der Waals surface area (Å²) in [6.07, 6.45) is 0. The first-order valence-corrected chi connectivity index (χ1v) is 6.40. The van der Waals surface area contributed by atoms with Crippen LogP contribution >= 0.6 is 23.2 Å². The number of aryl methyl sites for hydroxylation is 2. The lowest BCUT2D eigenvalue weighted by Crippen LogP contribution is -1.79. The number of hydrogen-bond donors (Lipinski definition) is 1. The second-order valence-electron chi connectivity index (χ2n) is 4.25. The van der Waals surface area contributed by atoms with Gasteiger partial charge in [-0.1, -0.05) is 29.3 Å².